The lowest BCUT2D eigenvalue weighted by Gasteiger charge is -2.49. The highest BCUT2D eigenvalue weighted by Gasteiger charge is 2.57. The van der Waals surface area contributed by atoms with Gasteiger partial charge in [0.1, 0.15) is 22.8 Å². The van der Waals surface area contributed by atoms with Crippen LogP contribution in [0.3, 0.4) is 0 Å². The molecule has 0 aromatic heterocycles. The van der Waals surface area contributed by atoms with E-state index in [1.807, 2.05) is 0 Å². The topological polar surface area (TPSA) is 83.8 Å². The van der Waals surface area contributed by atoms with Gasteiger partial charge in [0.2, 0.25) is 0 Å². The Labute approximate surface area is 197 Å². The van der Waals surface area contributed by atoms with E-state index < -0.39 is 11.4 Å². The van der Waals surface area contributed by atoms with Crippen molar-refractivity contribution in [2.75, 3.05) is 0 Å². The second-order valence-corrected chi connectivity index (χ2v) is 11.8. The number of ether oxygens (including phenoxy) is 1. The van der Waals surface area contributed by atoms with Gasteiger partial charge in [-0.1, -0.05) is 39.3 Å². The van der Waals surface area contributed by atoms with Gasteiger partial charge in [0.15, 0.2) is 12.6 Å². The van der Waals surface area contributed by atoms with Crippen molar-refractivity contribution in [1.82, 2.24) is 0 Å². The van der Waals surface area contributed by atoms with Crippen molar-refractivity contribution < 1.29 is 24.5 Å². The first-order chi connectivity index (χ1) is 15.5. The number of fused-ring (bicyclic) bond motifs is 3. The average Bonchev–Trinajstić information content (AvgIpc) is 3.24. The minimum absolute atomic E-state index is 0.0314. The van der Waals surface area contributed by atoms with Gasteiger partial charge in [0, 0.05) is 11.5 Å². The molecular weight excluding hydrogens is 416 g/mol. The molecule has 5 heteroatoms. The monoisotopic (exact) mass is 454 g/mol. The van der Waals surface area contributed by atoms with Crippen LogP contribution in [0.4, 0.5) is 0 Å². The molecule has 5 atom stereocenters. The van der Waals surface area contributed by atoms with E-state index >= 15 is 0 Å². The Bertz CT molecular complexity index is 1000. The van der Waals surface area contributed by atoms with Crippen LogP contribution in [0.15, 0.2) is 11.6 Å². The molecule has 0 radical (unpaired) electrons. The van der Waals surface area contributed by atoms with Crippen molar-refractivity contribution in [3.05, 3.63) is 28.3 Å². The van der Waals surface area contributed by atoms with Crippen LogP contribution in [0.25, 0.3) is 0 Å². The van der Waals surface area contributed by atoms with Gasteiger partial charge in [0.05, 0.1) is 11.1 Å². The predicted octanol–water partition coefficient (Wildman–Crippen LogP) is 6.41. The number of hydrogen-bond donors (Lipinski definition) is 2. The fraction of sp³-hybridized carbons (Fsp3) is 0.643. The summed E-state index contributed by atoms with van der Waals surface area (Å²) in [6.07, 6.45) is 7.96. The fourth-order valence-corrected chi connectivity index (χ4v) is 6.79. The number of allylic oxidation sites excluding steroid dienone is 2. The summed E-state index contributed by atoms with van der Waals surface area (Å²) in [5.41, 5.74) is 1.39. The number of carbonyl (C=O) groups excluding carboxylic acids is 2. The summed E-state index contributed by atoms with van der Waals surface area (Å²) in [5, 5.41) is 21.7. The second kappa shape index (κ2) is 8.18. The minimum atomic E-state index is -0.535. The molecule has 1 aliphatic heterocycles. The number of phenolic OH excluding ortho intramolecular Hbond substituents is 2. The number of carbonyl (C=O) groups is 2. The number of phenols is 2. The number of aldehydes is 2. The van der Waals surface area contributed by atoms with Crippen LogP contribution < -0.4 is 4.74 Å². The zero-order valence-corrected chi connectivity index (χ0v) is 20.8. The van der Waals surface area contributed by atoms with Crippen molar-refractivity contribution in [2.45, 2.75) is 85.2 Å². The van der Waals surface area contributed by atoms with Crippen molar-refractivity contribution in [3.8, 4) is 17.2 Å². The van der Waals surface area contributed by atoms with Crippen LogP contribution in [0.5, 0.6) is 17.2 Å². The Morgan fingerprint density at radius 1 is 1.06 bits per heavy atom. The molecule has 0 unspecified atom stereocenters. The normalized spacial score (nSPS) is 32.5. The minimum Gasteiger partial charge on any atom is -0.507 e. The Morgan fingerprint density at radius 2 is 1.73 bits per heavy atom. The molecule has 4 rings (SSSR count). The largest absolute Gasteiger partial charge is 0.507 e. The SMILES string of the molecule is CC1=C[C@@H]2[C@H](CC[C@@]3(C)Oc4c(C=O)c(O)c(C=O)c(O)c4[C@H](CC(C)C)[C@@H]3CC1)C2(C)C. The smallest absolute Gasteiger partial charge is 0.157 e. The van der Waals surface area contributed by atoms with E-state index in [9.17, 15) is 19.8 Å². The Morgan fingerprint density at radius 3 is 2.33 bits per heavy atom. The summed E-state index contributed by atoms with van der Waals surface area (Å²) < 4.78 is 6.63. The van der Waals surface area contributed by atoms with E-state index in [1.165, 1.54) is 5.57 Å². The summed E-state index contributed by atoms with van der Waals surface area (Å²) in [6, 6.07) is 0. The molecular formula is C28H38O5. The third kappa shape index (κ3) is 3.77. The van der Waals surface area contributed by atoms with Crippen LogP contribution in [-0.2, 0) is 0 Å². The maximum atomic E-state index is 12.0. The van der Waals surface area contributed by atoms with Crippen molar-refractivity contribution in [3.63, 3.8) is 0 Å². The zero-order valence-electron chi connectivity index (χ0n) is 20.8. The highest BCUT2D eigenvalue weighted by atomic mass is 16.5. The lowest BCUT2D eigenvalue weighted by atomic mass is 9.65. The third-order valence-corrected chi connectivity index (χ3v) is 8.85. The highest BCUT2D eigenvalue weighted by molar-refractivity contribution is 5.95. The molecule has 2 aliphatic carbocycles. The molecule has 0 saturated heterocycles. The lowest BCUT2D eigenvalue weighted by molar-refractivity contribution is -0.0253. The Kier molecular flexibility index (Phi) is 5.91. The predicted molar refractivity (Wildman–Crippen MR) is 128 cm³/mol. The van der Waals surface area contributed by atoms with E-state index in [0.29, 0.717) is 35.9 Å². The van der Waals surface area contributed by atoms with Gasteiger partial charge < -0.3 is 14.9 Å². The Balaban J connectivity index is 1.89. The van der Waals surface area contributed by atoms with Gasteiger partial charge >= 0.3 is 0 Å². The van der Waals surface area contributed by atoms with E-state index in [1.54, 1.807) is 0 Å². The highest BCUT2D eigenvalue weighted by Crippen LogP contribution is 2.64. The van der Waals surface area contributed by atoms with Gasteiger partial charge in [-0.2, -0.15) is 0 Å². The van der Waals surface area contributed by atoms with Crippen molar-refractivity contribution >= 4 is 12.6 Å². The van der Waals surface area contributed by atoms with Crippen LogP contribution in [-0.4, -0.2) is 28.4 Å². The van der Waals surface area contributed by atoms with E-state index in [0.717, 1.165) is 32.1 Å². The van der Waals surface area contributed by atoms with Crippen LogP contribution >= 0.6 is 0 Å². The molecule has 0 bridgehead atoms. The Hall–Kier alpha value is -2.30. The fourth-order valence-electron chi connectivity index (χ4n) is 6.79. The summed E-state index contributed by atoms with van der Waals surface area (Å²) in [6.45, 7) is 13.3. The van der Waals surface area contributed by atoms with Gasteiger partial charge in [-0.15, -0.1) is 0 Å². The van der Waals surface area contributed by atoms with Gasteiger partial charge in [-0.05, 0) is 75.0 Å². The molecule has 0 spiro atoms. The number of rotatable bonds is 4. The number of aromatic hydroxyl groups is 2. The maximum absolute atomic E-state index is 12.0. The molecule has 1 heterocycles. The first-order valence-corrected chi connectivity index (χ1v) is 12.3. The van der Waals surface area contributed by atoms with Crippen molar-refractivity contribution in [2.24, 2.45) is 29.1 Å². The summed E-state index contributed by atoms with van der Waals surface area (Å²) in [7, 11) is 0. The zero-order chi connectivity index (χ0) is 24.3. The molecule has 1 aromatic carbocycles. The van der Waals surface area contributed by atoms with E-state index in [4.69, 9.17) is 4.74 Å². The number of benzene rings is 1. The third-order valence-electron chi connectivity index (χ3n) is 8.85. The molecule has 180 valence electrons. The first-order valence-electron chi connectivity index (χ1n) is 12.3. The average molecular weight is 455 g/mol. The van der Waals surface area contributed by atoms with E-state index in [-0.39, 0.29) is 39.9 Å². The standard InChI is InChI=1S/C28H38O5/c1-15(2)11-17-20-8-7-16(3)12-22-21(27(22,4)5)9-10-28(20,6)33-26-19(14-30)24(31)18(13-29)25(32)23(17)26/h12-15,17,20-22,31-32H,7-11H2,1-6H3/t17-,20+,21+,22-,28-/m1/s1. The van der Waals surface area contributed by atoms with Gasteiger partial charge in [-0.25, -0.2) is 0 Å². The molecule has 2 N–H and O–H groups in total. The molecule has 1 aromatic rings. The summed E-state index contributed by atoms with van der Waals surface area (Å²) >= 11 is 0. The lowest BCUT2D eigenvalue weighted by Crippen LogP contribution is -2.48. The quantitative estimate of drug-likeness (QED) is 0.405. The molecule has 33 heavy (non-hydrogen) atoms. The molecule has 3 aliphatic rings. The van der Waals surface area contributed by atoms with Gasteiger partial charge in [0.25, 0.3) is 0 Å². The van der Waals surface area contributed by atoms with Gasteiger partial charge in [-0.3, -0.25) is 9.59 Å². The summed E-state index contributed by atoms with van der Waals surface area (Å²) in [4.78, 5) is 23.8. The molecule has 0 amide bonds. The van der Waals surface area contributed by atoms with Crippen LogP contribution in [0.2, 0.25) is 0 Å². The molecule has 1 fully saturated rings. The summed E-state index contributed by atoms with van der Waals surface area (Å²) in [5.74, 6) is 1.08. The van der Waals surface area contributed by atoms with Crippen LogP contribution in [0.1, 0.15) is 106 Å². The van der Waals surface area contributed by atoms with Crippen molar-refractivity contribution in [1.29, 1.82) is 0 Å². The van der Waals surface area contributed by atoms with E-state index in [2.05, 4.69) is 47.6 Å². The molecule has 5 nitrogen and oxygen atoms in total. The number of hydrogen-bond acceptors (Lipinski definition) is 5. The van der Waals surface area contributed by atoms with Crippen LogP contribution in [0, 0.1) is 29.1 Å². The first kappa shape index (κ1) is 23.8. The maximum Gasteiger partial charge on any atom is 0.157 e. The second-order valence-electron chi connectivity index (χ2n) is 11.8. The molecule has 1 saturated carbocycles.